The summed E-state index contributed by atoms with van der Waals surface area (Å²) in [6, 6.07) is 7.96. The second-order valence-corrected chi connectivity index (χ2v) is 6.75. The van der Waals surface area contributed by atoms with Crippen LogP contribution in [-0.4, -0.2) is 57.3 Å². The molecule has 7 heteroatoms. The molecule has 1 saturated heterocycles. The van der Waals surface area contributed by atoms with Crippen LogP contribution in [0.15, 0.2) is 35.6 Å². The average molecular weight is 356 g/mol. The number of rotatable bonds is 5. The van der Waals surface area contributed by atoms with Crippen LogP contribution in [0.25, 0.3) is 0 Å². The molecule has 0 amide bonds. The third-order valence-electron chi connectivity index (χ3n) is 4.83. The van der Waals surface area contributed by atoms with Crippen LogP contribution in [0.3, 0.4) is 0 Å². The van der Waals surface area contributed by atoms with Gasteiger partial charge in [-0.2, -0.15) is 5.10 Å². The summed E-state index contributed by atoms with van der Waals surface area (Å²) in [5, 5.41) is 20.7. The third kappa shape index (κ3) is 4.60. The molecule has 0 spiro atoms. The van der Waals surface area contributed by atoms with Crippen molar-refractivity contribution in [3.63, 3.8) is 0 Å². The predicted molar refractivity (Wildman–Crippen MR) is 102 cm³/mol. The maximum absolute atomic E-state index is 10.4. The molecular weight excluding hydrogens is 328 g/mol. The van der Waals surface area contributed by atoms with E-state index in [9.17, 15) is 5.11 Å². The Labute approximate surface area is 154 Å². The van der Waals surface area contributed by atoms with Crippen molar-refractivity contribution in [3.05, 3.63) is 47.5 Å². The standard InChI is InChI=1S/C19H28N6O/c1-3-20-19(21-12-17(26)15-6-4-14(2)5-7-15)25-10-8-16(9-11-25)18-22-13-23-24-18/h4-7,13,16-17,26H,3,8-12H2,1-2H3,(H,20,21)(H,22,23,24). The molecule has 0 aliphatic carbocycles. The van der Waals surface area contributed by atoms with Gasteiger partial charge in [0, 0.05) is 25.6 Å². The number of aliphatic hydroxyl groups excluding tert-OH is 1. The molecule has 140 valence electrons. The minimum absolute atomic E-state index is 0.355. The molecule has 3 N–H and O–H groups in total. The summed E-state index contributed by atoms with van der Waals surface area (Å²) in [4.78, 5) is 11.2. The highest BCUT2D eigenvalue weighted by atomic mass is 16.3. The van der Waals surface area contributed by atoms with Crippen molar-refractivity contribution >= 4 is 5.96 Å². The Kier molecular flexibility index (Phi) is 6.22. The second-order valence-electron chi connectivity index (χ2n) is 6.75. The van der Waals surface area contributed by atoms with E-state index in [2.05, 4.69) is 37.3 Å². The Morgan fingerprint density at radius 3 is 2.69 bits per heavy atom. The summed E-state index contributed by atoms with van der Waals surface area (Å²) in [5.74, 6) is 2.27. The molecule has 1 aliphatic rings. The van der Waals surface area contributed by atoms with Crippen LogP contribution in [0.2, 0.25) is 0 Å². The van der Waals surface area contributed by atoms with Gasteiger partial charge in [-0.25, -0.2) is 4.98 Å². The molecule has 1 aliphatic heterocycles. The molecule has 1 aromatic carbocycles. The molecule has 2 aromatic rings. The number of H-pyrrole nitrogens is 1. The van der Waals surface area contributed by atoms with Crippen molar-refractivity contribution in [2.45, 2.75) is 38.7 Å². The van der Waals surface area contributed by atoms with E-state index in [-0.39, 0.29) is 0 Å². The molecule has 0 saturated carbocycles. The Balaban J connectivity index is 1.59. The van der Waals surface area contributed by atoms with Gasteiger partial charge < -0.3 is 15.3 Å². The van der Waals surface area contributed by atoms with Crippen molar-refractivity contribution in [2.75, 3.05) is 26.2 Å². The van der Waals surface area contributed by atoms with Crippen LogP contribution < -0.4 is 5.32 Å². The molecule has 0 bridgehead atoms. The molecule has 1 fully saturated rings. The minimum Gasteiger partial charge on any atom is -0.386 e. The number of aryl methyl sites for hydroxylation is 1. The number of nitrogens with zero attached hydrogens (tertiary/aromatic N) is 4. The third-order valence-corrected chi connectivity index (χ3v) is 4.83. The maximum Gasteiger partial charge on any atom is 0.194 e. The van der Waals surface area contributed by atoms with E-state index >= 15 is 0 Å². The Hall–Kier alpha value is -2.41. The smallest absolute Gasteiger partial charge is 0.194 e. The van der Waals surface area contributed by atoms with Crippen molar-refractivity contribution in [1.29, 1.82) is 0 Å². The van der Waals surface area contributed by atoms with E-state index < -0.39 is 6.10 Å². The van der Waals surface area contributed by atoms with E-state index in [0.717, 1.165) is 49.8 Å². The Bertz CT molecular complexity index is 689. The first-order valence-electron chi connectivity index (χ1n) is 9.30. The van der Waals surface area contributed by atoms with E-state index in [1.807, 2.05) is 31.2 Å². The van der Waals surface area contributed by atoms with Crippen LogP contribution >= 0.6 is 0 Å². The number of piperidine rings is 1. The number of aromatic nitrogens is 3. The monoisotopic (exact) mass is 356 g/mol. The molecule has 1 atom stereocenters. The van der Waals surface area contributed by atoms with Crippen LogP contribution in [0, 0.1) is 6.92 Å². The SMILES string of the molecule is CCNC(=NCC(O)c1ccc(C)cc1)N1CCC(c2ncn[nH]2)CC1. The minimum atomic E-state index is -0.587. The van der Waals surface area contributed by atoms with Crippen LogP contribution in [0.1, 0.15) is 48.7 Å². The molecule has 1 aromatic heterocycles. The molecule has 7 nitrogen and oxygen atoms in total. The van der Waals surface area contributed by atoms with Gasteiger partial charge in [0.05, 0.1) is 12.6 Å². The number of benzene rings is 1. The van der Waals surface area contributed by atoms with Crippen LogP contribution in [-0.2, 0) is 0 Å². The summed E-state index contributed by atoms with van der Waals surface area (Å²) in [7, 11) is 0. The lowest BCUT2D eigenvalue weighted by Crippen LogP contribution is -2.45. The molecule has 2 heterocycles. The normalized spacial score (nSPS) is 17.3. The lowest BCUT2D eigenvalue weighted by molar-refractivity contribution is 0.186. The van der Waals surface area contributed by atoms with Crippen LogP contribution in [0.5, 0.6) is 0 Å². The van der Waals surface area contributed by atoms with E-state index in [0.29, 0.717) is 12.5 Å². The fraction of sp³-hybridized carbons (Fsp3) is 0.526. The zero-order valence-electron chi connectivity index (χ0n) is 15.5. The zero-order valence-corrected chi connectivity index (χ0v) is 15.5. The molecular formula is C19H28N6O. The number of aliphatic imine (C=N–C) groups is 1. The number of nitrogens with one attached hydrogen (secondary N) is 2. The number of guanidine groups is 1. The first kappa shape index (κ1) is 18.4. The Morgan fingerprint density at radius 2 is 2.08 bits per heavy atom. The number of hydrogen-bond acceptors (Lipinski definition) is 4. The van der Waals surface area contributed by atoms with Gasteiger partial charge in [0.25, 0.3) is 0 Å². The summed E-state index contributed by atoms with van der Waals surface area (Å²) < 4.78 is 0. The molecule has 3 rings (SSSR count). The number of aliphatic hydroxyl groups is 1. The van der Waals surface area contributed by atoms with E-state index in [4.69, 9.17) is 0 Å². The van der Waals surface area contributed by atoms with E-state index in [1.165, 1.54) is 5.56 Å². The van der Waals surface area contributed by atoms with Gasteiger partial charge in [0.2, 0.25) is 0 Å². The molecule has 26 heavy (non-hydrogen) atoms. The van der Waals surface area contributed by atoms with Crippen LogP contribution in [0.4, 0.5) is 0 Å². The topological polar surface area (TPSA) is 89.4 Å². The highest BCUT2D eigenvalue weighted by Crippen LogP contribution is 2.25. The molecule has 0 radical (unpaired) electrons. The van der Waals surface area contributed by atoms with Gasteiger partial charge in [0.15, 0.2) is 5.96 Å². The number of likely N-dealkylation sites (tertiary alicyclic amines) is 1. The first-order valence-corrected chi connectivity index (χ1v) is 9.30. The van der Waals surface area contributed by atoms with Crippen molar-refractivity contribution < 1.29 is 5.11 Å². The highest BCUT2D eigenvalue weighted by molar-refractivity contribution is 5.80. The van der Waals surface area contributed by atoms with Gasteiger partial charge in [0.1, 0.15) is 12.2 Å². The van der Waals surface area contributed by atoms with Crippen molar-refractivity contribution in [2.24, 2.45) is 4.99 Å². The van der Waals surface area contributed by atoms with Gasteiger partial charge in [-0.05, 0) is 32.3 Å². The summed E-state index contributed by atoms with van der Waals surface area (Å²) >= 11 is 0. The summed E-state index contributed by atoms with van der Waals surface area (Å²) in [6.07, 6.45) is 3.01. The second kappa shape index (κ2) is 8.80. The van der Waals surface area contributed by atoms with Gasteiger partial charge in [-0.3, -0.25) is 10.1 Å². The van der Waals surface area contributed by atoms with Gasteiger partial charge in [-0.15, -0.1) is 0 Å². The van der Waals surface area contributed by atoms with E-state index in [1.54, 1.807) is 6.33 Å². The quantitative estimate of drug-likeness (QED) is 0.563. The largest absolute Gasteiger partial charge is 0.386 e. The summed E-state index contributed by atoms with van der Waals surface area (Å²) in [6.45, 7) is 7.09. The number of hydrogen-bond donors (Lipinski definition) is 3. The van der Waals surface area contributed by atoms with Crippen molar-refractivity contribution in [1.82, 2.24) is 25.4 Å². The van der Waals surface area contributed by atoms with Crippen molar-refractivity contribution in [3.8, 4) is 0 Å². The predicted octanol–water partition coefficient (Wildman–Crippen LogP) is 1.99. The lowest BCUT2D eigenvalue weighted by Gasteiger charge is -2.33. The highest BCUT2D eigenvalue weighted by Gasteiger charge is 2.24. The first-order chi connectivity index (χ1) is 12.7. The lowest BCUT2D eigenvalue weighted by atomic mass is 9.96. The fourth-order valence-corrected chi connectivity index (χ4v) is 3.27. The Morgan fingerprint density at radius 1 is 1.35 bits per heavy atom. The van der Waals surface area contributed by atoms with Gasteiger partial charge >= 0.3 is 0 Å². The number of aromatic amines is 1. The maximum atomic E-state index is 10.4. The fourth-order valence-electron chi connectivity index (χ4n) is 3.27. The zero-order chi connectivity index (χ0) is 18.4. The van der Waals surface area contributed by atoms with Gasteiger partial charge in [-0.1, -0.05) is 29.8 Å². The summed E-state index contributed by atoms with van der Waals surface area (Å²) in [5.41, 5.74) is 2.09. The molecule has 1 unspecified atom stereocenters. The average Bonchev–Trinajstić information content (AvgIpc) is 3.20.